The quantitative estimate of drug-likeness (QED) is 0.601. The van der Waals surface area contributed by atoms with Gasteiger partial charge in [0.15, 0.2) is 5.69 Å². The van der Waals surface area contributed by atoms with Crippen LogP contribution in [-0.4, -0.2) is 50.5 Å². The van der Waals surface area contributed by atoms with Crippen molar-refractivity contribution in [3.63, 3.8) is 0 Å². The van der Waals surface area contributed by atoms with Crippen LogP contribution >= 0.6 is 11.3 Å². The van der Waals surface area contributed by atoms with Crippen molar-refractivity contribution in [3.05, 3.63) is 58.4 Å². The number of aromatic nitrogens is 3. The second-order valence-corrected chi connectivity index (χ2v) is 8.01. The molecule has 0 amide bonds. The fraction of sp³-hybridized carbons (Fsp3) is 0.381. The number of fused-ring (bicyclic) bond motifs is 1. The van der Waals surface area contributed by atoms with Crippen LogP contribution < -0.4 is 0 Å². The SMILES string of the molecule is CCOC(=O)c1nn(CCO)c2c1CN(Cc1cnc(-c3ccccc3)s1)CC2. The lowest BCUT2D eigenvalue weighted by Crippen LogP contribution is -2.31. The maximum Gasteiger partial charge on any atom is 0.359 e. The van der Waals surface area contributed by atoms with Crippen LogP contribution in [0.15, 0.2) is 36.5 Å². The smallest absolute Gasteiger partial charge is 0.359 e. The largest absolute Gasteiger partial charge is 0.461 e. The van der Waals surface area contributed by atoms with Gasteiger partial charge in [0.1, 0.15) is 5.01 Å². The van der Waals surface area contributed by atoms with Crippen LogP contribution in [0.1, 0.15) is 33.5 Å². The second kappa shape index (κ2) is 8.86. The Bertz CT molecular complexity index is 983. The van der Waals surface area contributed by atoms with Crippen molar-refractivity contribution in [1.29, 1.82) is 0 Å². The zero-order chi connectivity index (χ0) is 20.2. The lowest BCUT2D eigenvalue weighted by atomic mass is 10.0. The Kier molecular flexibility index (Phi) is 6.03. The number of hydrogen-bond donors (Lipinski definition) is 1. The molecule has 0 spiro atoms. The minimum absolute atomic E-state index is 0.0107. The summed E-state index contributed by atoms with van der Waals surface area (Å²) in [6, 6.07) is 10.2. The summed E-state index contributed by atoms with van der Waals surface area (Å²) in [5, 5.41) is 14.8. The Balaban J connectivity index is 1.52. The van der Waals surface area contributed by atoms with E-state index >= 15 is 0 Å². The van der Waals surface area contributed by atoms with Crippen molar-refractivity contribution in [2.24, 2.45) is 0 Å². The standard InChI is InChI=1S/C21H24N4O3S/c1-2-28-21(27)19-17-14-24(9-8-18(17)25(23-19)10-11-26)13-16-12-22-20(29-16)15-6-4-3-5-7-15/h3-7,12,26H,2,8-11,13-14H2,1H3. The van der Waals surface area contributed by atoms with Gasteiger partial charge in [-0.3, -0.25) is 9.58 Å². The predicted octanol–water partition coefficient (Wildman–Crippen LogP) is 2.73. The lowest BCUT2D eigenvalue weighted by molar-refractivity contribution is 0.0515. The summed E-state index contributed by atoms with van der Waals surface area (Å²) in [6.45, 7) is 4.75. The molecule has 8 heteroatoms. The molecule has 0 radical (unpaired) electrons. The molecular weight excluding hydrogens is 388 g/mol. The molecule has 0 bridgehead atoms. The average molecular weight is 413 g/mol. The number of esters is 1. The van der Waals surface area contributed by atoms with Gasteiger partial charge in [0.05, 0.1) is 19.8 Å². The highest BCUT2D eigenvalue weighted by atomic mass is 32.1. The molecule has 4 rings (SSSR count). The summed E-state index contributed by atoms with van der Waals surface area (Å²) in [6.07, 6.45) is 2.72. The van der Waals surface area contributed by atoms with E-state index in [1.165, 1.54) is 4.88 Å². The zero-order valence-electron chi connectivity index (χ0n) is 16.4. The van der Waals surface area contributed by atoms with Crippen molar-refractivity contribution >= 4 is 17.3 Å². The summed E-state index contributed by atoms with van der Waals surface area (Å²) < 4.78 is 6.94. The Morgan fingerprint density at radius 1 is 1.31 bits per heavy atom. The van der Waals surface area contributed by atoms with Gasteiger partial charge in [0, 0.05) is 53.9 Å². The Morgan fingerprint density at radius 2 is 2.14 bits per heavy atom. The number of nitrogens with zero attached hydrogens (tertiary/aromatic N) is 4. The van der Waals surface area contributed by atoms with Crippen molar-refractivity contribution in [2.45, 2.75) is 33.0 Å². The second-order valence-electron chi connectivity index (χ2n) is 6.90. The lowest BCUT2D eigenvalue weighted by Gasteiger charge is -2.27. The summed E-state index contributed by atoms with van der Waals surface area (Å²) in [7, 11) is 0. The van der Waals surface area contributed by atoms with Gasteiger partial charge in [-0.1, -0.05) is 30.3 Å². The van der Waals surface area contributed by atoms with E-state index in [4.69, 9.17) is 4.74 Å². The molecule has 0 aliphatic carbocycles. The molecule has 0 saturated heterocycles. The molecule has 2 aromatic heterocycles. The molecule has 0 atom stereocenters. The van der Waals surface area contributed by atoms with Gasteiger partial charge in [-0.15, -0.1) is 11.3 Å². The number of thiazole rings is 1. The summed E-state index contributed by atoms with van der Waals surface area (Å²) >= 11 is 1.69. The molecule has 29 heavy (non-hydrogen) atoms. The summed E-state index contributed by atoms with van der Waals surface area (Å²) in [5.74, 6) is -0.397. The number of aliphatic hydroxyl groups is 1. The Hall–Kier alpha value is -2.55. The number of ether oxygens (including phenoxy) is 1. The fourth-order valence-corrected chi connectivity index (χ4v) is 4.60. The van der Waals surface area contributed by atoms with E-state index in [2.05, 4.69) is 27.1 Å². The third-order valence-electron chi connectivity index (χ3n) is 4.95. The van der Waals surface area contributed by atoms with E-state index in [1.807, 2.05) is 24.4 Å². The topological polar surface area (TPSA) is 80.5 Å². The highest BCUT2D eigenvalue weighted by Gasteiger charge is 2.29. The van der Waals surface area contributed by atoms with Crippen LogP contribution in [0.25, 0.3) is 10.6 Å². The third-order valence-corrected chi connectivity index (χ3v) is 5.98. The molecule has 1 N–H and O–H groups in total. The highest BCUT2D eigenvalue weighted by molar-refractivity contribution is 7.15. The predicted molar refractivity (Wildman–Crippen MR) is 111 cm³/mol. The number of carbonyl (C=O) groups is 1. The maximum atomic E-state index is 12.4. The van der Waals surface area contributed by atoms with E-state index in [-0.39, 0.29) is 6.61 Å². The average Bonchev–Trinajstić information content (AvgIpc) is 3.34. The molecular formula is C21H24N4O3S. The van der Waals surface area contributed by atoms with E-state index in [9.17, 15) is 9.90 Å². The molecule has 7 nitrogen and oxygen atoms in total. The van der Waals surface area contributed by atoms with Crippen molar-refractivity contribution in [3.8, 4) is 10.6 Å². The molecule has 3 heterocycles. The summed E-state index contributed by atoms with van der Waals surface area (Å²) in [4.78, 5) is 20.4. The van der Waals surface area contributed by atoms with Crippen molar-refractivity contribution < 1.29 is 14.6 Å². The number of rotatable bonds is 7. The molecule has 152 valence electrons. The molecule has 0 unspecified atom stereocenters. The van der Waals surface area contributed by atoms with E-state index < -0.39 is 5.97 Å². The summed E-state index contributed by atoms with van der Waals surface area (Å²) in [5.41, 5.74) is 3.43. The van der Waals surface area contributed by atoms with E-state index in [0.717, 1.165) is 41.3 Å². The van der Waals surface area contributed by atoms with Crippen molar-refractivity contribution in [1.82, 2.24) is 19.7 Å². The first-order chi connectivity index (χ1) is 14.2. The number of aliphatic hydroxyl groups excluding tert-OH is 1. The molecule has 3 aromatic rings. The first-order valence-corrected chi connectivity index (χ1v) is 10.6. The first kappa shape index (κ1) is 19.8. The van der Waals surface area contributed by atoms with Gasteiger partial charge in [-0.25, -0.2) is 9.78 Å². The minimum Gasteiger partial charge on any atom is -0.461 e. The van der Waals surface area contributed by atoms with Crippen LogP contribution in [0.2, 0.25) is 0 Å². The number of hydrogen-bond acceptors (Lipinski definition) is 7. The third kappa shape index (κ3) is 4.24. The molecule has 0 saturated carbocycles. The van der Waals surface area contributed by atoms with Gasteiger partial charge in [0.25, 0.3) is 0 Å². The van der Waals surface area contributed by atoms with Crippen LogP contribution in [0.5, 0.6) is 0 Å². The minimum atomic E-state index is -0.397. The Morgan fingerprint density at radius 3 is 2.90 bits per heavy atom. The Labute approximate surface area is 173 Å². The first-order valence-electron chi connectivity index (χ1n) is 9.78. The number of benzene rings is 1. The fourth-order valence-electron chi connectivity index (χ4n) is 3.64. The van der Waals surface area contributed by atoms with Gasteiger partial charge in [-0.05, 0) is 6.92 Å². The van der Waals surface area contributed by atoms with Crippen LogP contribution in [-0.2, 0) is 30.8 Å². The molecule has 1 aromatic carbocycles. The van der Waals surface area contributed by atoms with E-state index in [1.54, 1.807) is 22.9 Å². The van der Waals surface area contributed by atoms with Crippen LogP contribution in [0.4, 0.5) is 0 Å². The monoisotopic (exact) mass is 412 g/mol. The zero-order valence-corrected chi connectivity index (χ0v) is 17.2. The van der Waals surface area contributed by atoms with Crippen molar-refractivity contribution in [2.75, 3.05) is 19.8 Å². The van der Waals surface area contributed by atoms with Gasteiger partial charge < -0.3 is 9.84 Å². The van der Waals surface area contributed by atoms with Crippen LogP contribution in [0, 0.1) is 0 Å². The van der Waals surface area contributed by atoms with Gasteiger partial charge in [0.2, 0.25) is 0 Å². The normalized spacial score (nSPS) is 14.0. The van der Waals surface area contributed by atoms with E-state index in [0.29, 0.717) is 25.4 Å². The van der Waals surface area contributed by atoms with Gasteiger partial charge >= 0.3 is 5.97 Å². The van der Waals surface area contributed by atoms with Crippen LogP contribution in [0.3, 0.4) is 0 Å². The molecule has 1 aliphatic rings. The highest BCUT2D eigenvalue weighted by Crippen LogP contribution is 2.28. The number of carbonyl (C=O) groups excluding carboxylic acids is 1. The molecule has 1 aliphatic heterocycles. The van der Waals surface area contributed by atoms with Gasteiger partial charge in [-0.2, -0.15) is 5.10 Å². The molecule has 0 fully saturated rings. The maximum absolute atomic E-state index is 12.4.